The lowest BCUT2D eigenvalue weighted by atomic mass is 10.0. The van der Waals surface area contributed by atoms with Gasteiger partial charge >= 0.3 is 0 Å². The molecule has 0 amide bonds. The number of halogens is 2. The summed E-state index contributed by atoms with van der Waals surface area (Å²) in [6, 6.07) is 11.3. The molecule has 0 fully saturated rings. The SMILES string of the molecule is CCc1ccc(C(=O)c2ccc(C)cc2Cl)c(Br)c1. The van der Waals surface area contributed by atoms with Gasteiger partial charge in [0, 0.05) is 15.6 Å². The fourth-order valence-corrected chi connectivity index (χ4v) is 2.84. The highest BCUT2D eigenvalue weighted by Crippen LogP contribution is 2.26. The van der Waals surface area contributed by atoms with Crippen LogP contribution in [-0.2, 0) is 6.42 Å². The Bertz CT molecular complexity index is 635. The van der Waals surface area contributed by atoms with Crippen molar-refractivity contribution in [2.45, 2.75) is 20.3 Å². The summed E-state index contributed by atoms with van der Waals surface area (Å²) in [7, 11) is 0. The fraction of sp³-hybridized carbons (Fsp3) is 0.188. The number of carbonyl (C=O) groups is 1. The highest BCUT2D eigenvalue weighted by molar-refractivity contribution is 9.10. The second kappa shape index (κ2) is 5.89. The zero-order valence-electron chi connectivity index (χ0n) is 10.8. The second-order valence-corrected chi connectivity index (χ2v) is 5.74. The van der Waals surface area contributed by atoms with Crippen LogP contribution in [0.3, 0.4) is 0 Å². The molecule has 0 atom stereocenters. The van der Waals surface area contributed by atoms with Crippen LogP contribution in [0.15, 0.2) is 40.9 Å². The molecule has 0 unspecified atom stereocenters. The Morgan fingerprint density at radius 1 is 1.16 bits per heavy atom. The van der Waals surface area contributed by atoms with Gasteiger partial charge in [-0.1, -0.05) is 46.6 Å². The molecule has 0 aliphatic rings. The van der Waals surface area contributed by atoms with Gasteiger partial charge in [0.2, 0.25) is 0 Å². The summed E-state index contributed by atoms with van der Waals surface area (Å²) in [5.41, 5.74) is 3.42. The van der Waals surface area contributed by atoms with Crippen LogP contribution in [0.2, 0.25) is 5.02 Å². The molecule has 19 heavy (non-hydrogen) atoms. The van der Waals surface area contributed by atoms with Gasteiger partial charge in [0.05, 0.1) is 5.02 Å². The molecule has 0 saturated carbocycles. The number of rotatable bonds is 3. The van der Waals surface area contributed by atoms with Gasteiger partial charge in [0.25, 0.3) is 0 Å². The molecule has 2 aromatic rings. The summed E-state index contributed by atoms with van der Waals surface area (Å²) in [4.78, 5) is 12.5. The van der Waals surface area contributed by atoms with Crippen LogP contribution < -0.4 is 0 Å². The summed E-state index contributed by atoms with van der Waals surface area (Å²) >= 11 is 9.61. The molecule has 0 aromatic heterocycles. The maximum atomic E-state index is 12.5. The van der Waals surface area contributed by atoms with Gasteiger partial charge in [0.15, 0.2) is 5.78 Å². The van der Waals surface area contributed by atoms with Crippen LogP contribution >= 0.6 is 27.5 Å². The Kier molecular flexibility index (Phi) is 4.43. The van der Waals surface area contributed by atoms with Crippen LogP contribution in [0.4, 0.5) is 0 Å². The van der Waals surface area contributed by atoms with E-state index >= 15 is 0 Å². The van der Waals surface area contributed by atoms with Gasteiger partial charge in [-0.15, -0.1) is 0 Å². The predicted molar refractivity (Wildman–Crippen MR) is 83.1 cm³/mol. The largest absolute Gasteiger partial charge is 0.289 e. The van der Waals surface area contributed by atoms with E-state index in [1.54, 1.807) is 6.07 Å². The molecule has 0 radical (unpaired) electrons. The lowest BCUT2D eigenvalue weighted by Gasteiger charge is -2.08. The third-order valence-corrected chi connectivity index (χ3v) is 4.02. The summed E-state index contributed by atoms with van der Waals surface area (Å²) < 4.78 is 0.813. The Balaban J connectivity index is 2.44. The van der Waals surface area contributed by atoms with Crippen LogP contribution in [0.5, 0.6) is 0 Å². The molecule has 3 heteroatoms. The molecule has 2 aromatic carbocycles. The molecule has 0 aliphatic carbocycles. The topological polar surface area (TPSA) is 17.1 Å². The van der Waals surface area contributed by atoms with Crippen molar-refractivity contribution in [1.82, 2.24) is 0 Å². The molecular formula is C16H14BrClO. The number of aryl methyl sites for hydroxylation is 2. The first-order chi connectivity index (χ1) is 9.02. The number of benzene rings is 2. The van der Waals surface area contributed by atoms with E-state index in [2.05, 4.69) is 22.9 Å². The van der Waals surface area contributed by atoms with Gasteiger partial charge in [0.1, 0.15) is 0 Å². The van der Waals surface area contributed by atoms with E-state index in [0.29, 0.717) is 16.1 Å². The Morgan fingerprint density at radius 3 is 2.42 bits per heavy atom. The molecule has 0 aliphatic heterocycles. The van der Waals surface area contributed by atoms with Crippen LogP contribution in [0.1, 0.15) is 34.0 Å². The lowest BCUT2D eigenvalue weighted by Crippen LogP contribution is -2.04. The minimum absolute atomic E-state index is 0.0560. The average molecular weight is 338 g/mol. The Morgan fingerprint density at radius 2 is 1.84 bits per heavy atom. The molecule has 0 bridgehead atoms. The molecule has 0 heterocycles. The monoisotopic (exact) mass is 336 g/mol. The molecular weight excluding hydrogens is 324 g/mol. The van der Waals surface area contributed by atoms with Crippen molar-refractivity contribution in [2.75, 3.05) is 0 Å². The molecule has 0 saturated heterocycles. The average Bonchev–Trinajstić information content (AvgIpc) is 2.37. The van der Waals surface area contributed by atoms with Gasteiger partial charge in [-0.2, -0.15) is 0 Å². The molecule has 0 N–H and O–H groups in total. The second-order valence-electron chi connectivity index (χ2n) is 4.48. The molecule has 1 nitrogen and oxygen atoms in total. The Labute approximate surface area is 126 Å². The van der Waals surface area contributed by atoms with Crippen molar-refractivity contribution in [1.29, 1.82) is 0 Å². The molecule has 2 rings (SSSR count). The predicted octanol–water partition coefficient (Wildman–Crippen LogP) is 5.20. The first-order valence-electron chi connectivity index (χ1n) is 6.12. The third kappa shape index (κ3) is 3.07. The lowest BCUT2D eigenvalue weighted by molar-refractivity contribution is 0.103. The summed E-state index contributed by atoms with van der Waals surface area (Å²) in [6.07, 6.45) is 0.943. The van der Waals surface area contributed by atoms with Crippen molar-refractivity contribution in [3.05, 3.63) is 68.1 Å². The van der Waals surface area contributed by atoms with Crippen molar-refractivity contribution in [2.24, 2.45) is 0 Å². The van der Waals surface area contributed by atoms with E-state index < -0.39 is 0 Å². The van der Waals surface area contributed by atoms with E-state index in [1.807, 2.05) is 37.3 Å². The van der Waals surface area contributed by atoms with E-state index in [0.717, 1.165) is 16.5 Å². The van der Waals surface area contributed by atoms with Crippen molar-refractivity contribution < 1.29 is 4.79 Å². The van der Waals surface area contributed by atoms with Gasteiger partial charge in [-0.25, -0.2) is 0 Å². The number of carbonyl (C=O) groups excluding carboxylic acids is 1. The summed E-state index contributed by atoms with van der Waals surface area (Å²) in [5.74, 6) is -0.0560. The van der Waals surface area contributed by atoms with Gasteiger partial charge in [-0.05, 0) is 48.7 Å². The van der Waals surface area contributed by atoms with Gasteiger partial charge in [-0.3, -0.25) is 4.79 Å². The third-order valence-electron chi connectivity index (χ3n) is 3.06. The van der Waals surface area contributed by atoms with E-state index in [9.17, 15) is 4.79 Å². The number of hydrogen-bond donors (Lipinski definition) is 0. The normalized spacial score (nSPS) is 10.5. The fourth-order valence-electron chi connectivity index (χ4n) is 1.91. The van der Waals surface area contributed by atoms with Crippen LogP contribution in [0, 0.1) is 6.92 Å². The molecule has 98 valence electrons. The van der Waals surface area contributed by atoms with Crippen LogP contribution in [0.25, 0.3) is 0 Å². The van der Waals surface area contributed by atoms with Crippen LogP contribution in [-0.4, -0.2) is 5.78 Å². The maximum Gasteiger partial charge on any atom is 0.195 e. The van der Waals surface area contributed by atoms with E-state index in [-0.39, 0.29) is 5.78 Å². The Hall–Kier alpha value is -1.12. The van der Waals surface area contributed by atoms with Crippen molar-refractivity contribution >= 4 is 33.3 Å². The standard InChI is InChI=1S/C16H14BrClO/c1-3-11-5-7-12(14(17)9-11)16(19)13-6-4-10(2)8-15(13)18/h4-9H,3H2,1-2H3. The first kappa shape index (κ1) is 14.3. The highest BCUT2D eigenvalue weighted by Gasteiger charge is 2.15. The number of ketones is 1. The zero-order chi connectivity index (χ0) is 14.0. The smallest absolute Gasteiger partial charge is 0.195 e. The quantitative estimate of drug-likeness (QED) is 0.703. The highest BCUT2D eigenvalue weighted by atomic mass is 79.9. The molecule has 0 spiro atoms. The number of hydrogen-bond acceptors (Lipinski definition) is 1. The van der Waals surface area contributed by atoms with Crippen molar-refractivity contribution in [3.8, 4) is 0 Å². The maximum absolute atomic E-state index is 12.5. The van der Waals surface area contributed by atoms with Gasteiger partial charge < -0.3 is 0 Å². The minimum Gasteiger partial charge on any atom is -0.289 e. The minimum atomic E-state index is -0.0560. The van der Waals surface area contributed by atoms with E-state index in [1.165, 1.54) is 5.56 Å². The first-order valence-corrected chi connectivity index (χ1v) is 7.29. The zero-order valence-corrected chi connectivity index (χ0v) is 13.2. The van der Waals surface area contributed by atoms with Crippen molar-refractivity contribution in [3.63, 3.8) is 0 Å². The van der Waals surface area contributed by atoms with E-state index in [4.69, 9.17) is 11.6 Å². The summed E-state index contributed by atoms with van der Waals surface area (Å²) in [5, 5.41) is 0.497. The summed E-state index contributed by atoms with van der Waals surface area (Å²) in [6.45, 7) is 4.03.